The number of carbonyl (C=O) groups is 2. The molecular formula is C18H16N4O3S. The number of benzene rings is 2. The van der Waals surface area contributed by atoms with Gasteiger partial charge < -0.3 is 15.4 Å². The van der Waals surface area contributed by atoms with E-state index in [1.165, 1.54) is 0 Å². The zero-order valence-electron chi connectivity index (χ0n) is 14.1. The van der Waals surface area contributed by atoms with E-state index in [4.69, 9.17) is 4.74 Å². The second-order valence-corrected chi connectivity index (χ2v) is 6.13. The van der Waals surface area contributed by atoms with Crippen molar-refractivity contribution in [3.05, 3.63) is 64.7 Å². The van der Waals surface area contributed by atoms with Gasteiger partial charge in [0, 0.05) is 11.3 Å². The molecule has 0 radical (unpaired) electrons. The minimum Gasteiger partial charge on any atom is -0.495 e. The maximum absolute atomic E-state index is 12.4. The van der Waals surface area contributed by atoms with E-state index in [0.717, 1.165) is 11.5 Å². The van der Waals surface area contributed by atoms with E-state index >= 15 is 0 Å². The first-order valence-corrected chi connectivity index (χ1v) is 8.50. The average molecular weight is 368 g/mol. The molecule has 2 amide bonds. The number of hydrogen-bond acceptors (Lipinski definition) is 6. The summed E-state index contributed by atoms with van der Waals surface area (Å²) in [6, 6.07) is 13.8. The summed E-state index contributed by atoms with van der Waals surface area (Å²) in [5, 5.41) is 9.38. The van der Waals surface area contributed by atoms with Gasteiger partial charge in [0.1, 0.15) is 10.6 Å². The highest BCUT2D eigenvalue weighted by molar-refractivity contribution is 7.08. The van der Waals surface area contributed by atoms with Gasteiger partial charge in [-0.1, -0.05) is 16.6 Å². The molecule has 8 heteroatoms. The summed E-state index contributed by atoms with van der Waals surface area (Å²) in [5.41, 5.74) is 2.21. The van der Waals surface area contributed by atoms with Crippen molar-refractivity contribution < 1.29 is 14.3 Å². The lowest BCUT2D eigenvalue weighted by atomic mass is 10.2. The van der Waals surface area contributed by atoms with Crippen LogP contribution >= 0.6 is 11.5 Å². The lowest BCUT2D eigenvalue weighted by molar-refractivity contribution is 0.102. The van der Waals surface area contributed by atoms with Crippen molar-refractivity contribution >= 4 is 34.7 Å². The fourth-order valence-electron chi connectivity index (χ4n) is 2.27. The van der Waals surface area contributed by atoms with Gasteiger partial charge >= 0.3 is 0 Å². The van der Waals surface area contributed by atoms with Crippen LogP contribution in [0.15, 0.2) is 48.5 Å². The first-order chi connectivity index (χ1) is 12.6. The van der Waals surface area contributed by atoms with Crippen molar-refractivity contribution in [1.29, 1.82) is 0 Å². The fraction of sp³-hybridized carbons (Fsp3) is 0.111. The summed E-state index contributed by atoms with van der Waals surface area (Å²) in [4.78, 5) is 25.0. The molecule has 0 aliphatic carbocycles. The van der Waals surface area contributed by atoms with Gasteiger partial charge in [0.2, 0.25) is 0 Å². The Morgan fingerprint density at radius 1 is 1.00 bits per heavy atom. The predicted molar refractivity (Wildman–Crippen MR) is 100.0 cm³/mol. The molecular weight excluding hydrogens is 352 g/mol. The number of hydrogen-bond donors (Lipinski definition) is 2. The molecule has 0 aliphatic rings. The van der Waals surface area contributed by atoms with Crippen LogP contribution in [0.2, 0.25) is 0 Å². The van der Waals surface area contributed by atoms with E-state index in [2.05, 4.69) is 20.2 Å². The number of ether oxygens (including phenoxy) is 1. The molecule has 3 rings (SSSR count). The molecule has 0 unspecified atom stereocenters. The van der Waals surface area contributed by atoms with Gasteiger partial charge in [0.25, 0.3) is 11.8 Å². The number of aromatic nitrogens is 2. The molecule has 1 aromatic heterocycles. The van der Waals surface area contributed by atoms with Gasteiger partial charge in [-0.3, -0.25) is 9.59 Å². The normalized spacial score (nSPS) is 10.2. The Bertz CT molecular complexity index is 938. The number of aryl methyl sites for hydroxylation is 1. The van der Waals surface area contributed by atoms with Crippen molar-refractivity contribution in [2.75, 3.05) is 17.7 Å². The van der Waals surface area contributed by atoms with Crippen LogP contribution in [0.5, 0.6) is 5.75 Å². The van der Waals surface area contributed by atoms with Crippen LogP contribution in [0.3, 0.4) is 0 Å². The summed E-state index contributed by atoms with van der Waals surface area (Å²) < 4.78 is 8.96. The van der Waals surface area contributed by atoms with Crippen LogP contribution in [0, 0.1) is 6.92 Å². The Morgan fingerprint density at radius 2 is 1.73 bits per heavy atom. The van der Waals surface area contributed by atoms with Gasteiger partial charge in [-0.2, -0.15) is 0 Å². The minimum absolute atomic E-state index is 0.269. The molecule has 1 heterocycles. The third kappa shape index (κ3) is 3.86. The van der Waals surface area contributed by atoms with Crippen molar-refractivity contribution in [3.63, 3.8) is 0 Å². The molecule has 2 N–H and O–H groups in total. The summed E-state index contributed by atoms with van der Waals surface area (Å²) in [5.74, 6) is 0.0388. The fourth-order valence-corrected chi connectivity index (χ4v) is 2.83. The van der Waals surface area contributed by atoms with Crippen LogP contribution in [-0.4, -0.2) is 28.5 Å². The van der Waals surface area contributed by atoms with E-state index in [9.17, 15) is 9.59 Å². The highest BCUT2D eigenvalue weighted by atomic mass is 32.1. The zero-order chi connectivity index (χ0) is 18.5. The molecule has 0 bridgehead atoms. The van der Waals surface area contributed by atoms with E-state index in [0.29, 0.717) is 33.3 Å². The van der Waals surface area contributed by atoms with Gasteiger partial charge in [0.15, 0.2) is 0 Å². The van der Waals surface area contributed by atoms with Crippen molar-refractivity contribution in [2.45, 2.75) is 6.92 Å². The minimum atomic E-state index is -0.274. The summed E-state index contributed by atoms with van der Waals surface area (Å²) in [7, 11) is 1.54. The number of anilines is 2. The number of methoxy groups -OCH3 is 1. The Morgan fingerprint density at radius 3 is 2.38 bits per heavy atom. The average Bonchev–Trinajstić information content (AvgIpc) is 3.09. The van der Waals surface area contributed by atoms with Crippen molar-refractivity contribution in [1.82, 2.24) is 9.59 Å². The molecule has 0 spiro atoms. The Labute approximate surface area is 154 Å². The number of amides is 2. The number of para-hydroxylation sites is 2. The Balaban J connectivity index is 1.68. The lowest BCUT2D eigenvalue weighted by Crippen LogP contribution is -2.14. The number of carbonyl (C=O) groups excluding carboxylic acids is 2. The van der Waals surface area contributed by atoms with Crippen LogP contribution < -0.4 is 15.4 Å². The molecule has 0 fully saturated rings. The topological polar surface area (TPSA) is 93.2 Å². The number of nitrogens with one attached hydrogen (secondary N) is 2. The Hall–Kier alpha value is -3.26. The highest BCUT2D eigenvalue weighted by Crippen LogP contribution is 2.24. The highest BCUT2D eigenvalue weighted by Gasteiger charge is 2.14. The summed E-state index contributed by atoms with van der Waals surface area (Å²) in [6.45, 7) is 1.73. The van der Waals surface area contributed by atoms with Crippen LogP contribution in [0.4, 0.5) is 11.4 Å². The van der Waals surface area contributed by atoms with Crippen LogP contribution in [0.25, 0.3) is 0 Å². The third-order valence-corrected chi connectivity index (χ3v) is 4.44. The van der Waals surface area contributed by atoms with Gasteiger partial charge in [0.05, 0.1) is 18.5 Å². The van der Waals surface area contributed by atoms with Gasteiger partial charge in [-0.05, 0) is 54.9 Å². The van der Waals surface area contributed by atoms with E-state index in [1.807, 2.05) is 12.1 Å². The molecule has 7 nitrogen and oxygen atoms in total. The van der Waals surface area contributed by atoms with Crippen molar-refractivity contribution in [3.8, 4) is 5.75 Å². The standard InChI is InChI=1S/C18H16N4O3S/c1-11-16(26-22-21-11)18(24)19-13-9-7-12(8-10-13)17(23)20-14-5-3-4-6-15(14)25-2/h3-10H,1-2H3,(H,19,24)(H,20,23). The molecule has 2 aromatic carbocycles. The first-order valence-electron chi connectivity index (χ1n) is 7.73. The molecule has 0 saturated carbocycles. The van der Waals surface area contributed by atoms with E-state index < -0.39 is 0 Å². The van der Waals surface area contributed by atoms with E-state index in [1.54, 1.807) is 50.4 Å². The first kappa shape index (κ1) is 17.6. The monoisotopic (exact) mass is 368 g/mol. The van der Waals surface area contributed by atoms with Crippen LogP contribution in [-0.2, 0) is 0 Å². The third-order valence-electron chi connectivity index (χ3n) is 3.62. The Kier molecular flexibility index (Phi) is 5.23. The molecule has 3 aromatic rings. The largest absolute Gasteiger partial charge is 0.495 e. The SMILES string of the molecule is COc1ccccc1NC(=O)c1ccc(NC(=O)c2snnc2C)cc1. The van der Waals surface area contributed by atoms with Gasteiger partial charge in [-0.15, -0.1) is 5.10 Å². The zero-order valence-corrected chi connectivity index (χ0v) is 15.0. The number of nitrogens with zero attached hydrogens (tertiary/aromatic N) is 2. The molecule has 132 valence electrons. The maximum atomic E-state index is 12.4. The van der Waals surface area contributed by atoms with Crippen LogP contribution in [0.1, 0.15) is 25.7 Å². The predicted octanol–water partition coefficient (Wildman–Crippen LogP) is 3.36. The maximum Gasteiger partial charge on any atom is 0.269 e. The number of rotatable bonds is 5. The second kappa shape index (κ2) is 7.75. The lowest BCUT2D eigenvalue weighted by Gasteiger charge is -2.10. The molecule has 0 aliphatic heterocycles. The van der Waals surface area contributed by atoms with Crippen molar-refractivity contribution in [2.24, 2.45) is 0 Å². The molecule has 0 saturated heterocycles. The van der Waals surface area contributed by atoms with E-state index in [-0.39, 0.29) is 11.8 Å². The second-order valence-electron chi connectivity index (χ2n) is 5.37. The quantitative estimate of drug-likeness (QED) is 0.720. The van der Waals surface area contributed by atoms with Gasteiger partial charge in [-0.25, -0.2) is 0 Å². The smallest absolute Gasteiger partial charge is 0.269 e. The summed E-state index contributed by atoms with van der Waals surface area (Å²) in [6.07, 6.45) is 0. The molecule has 26 heavy (non-hydrogen) atoms. The molecule has 0 atom stereocenters. The summed E-state index contributed by atoms with van der Waals surface area (Å²) >= 11 is 1.04.